The average molecular weight is 320 g/mol. The van der Waals surface area contributed by atoms with Crippen molar-refractivity contribution < 1.29 is 14.4 Å². The summed E-state index contributed by atoms with van der Waals surface area (Å²) in [7, 11) is 1.60. The summed E-state index contributed by atoms with van der Waals surface area (Å²) < 4.78 is 10.6. The molecule has 1 aromatic heterocycles. The Morgan fingerprint density at radius 2 is 2.22 bits per heavy atom. The minimum atomic E-state index is -0.480. The van der Waals surface area contributed by atoms with Crippen molar-refractivity contribution in [3.8, 4) is 0 Å². The molecule has 0 aliphatic carbocycles. The molecule has 1 rings (SSSR count). The van der Waals surface area contributed by atoms with Crippen LogP contribution in [-0.2, 0) is 9.47 Å². The van der Waals surface area contributed by atoms with Crippen LogP contribution in [0.25, 0.3) is 0 Å². The van der Waals surface area contributed by atoms with Crippen molar-refractivity contribution in [2.45, 2.75) is 0 Å². The molecule has 8 heteroatoms. The topological polar surface area (TPSA) is 86.5 Å². The molecule has 0 unspecified atom stereocenters. The van der Waals surface area contributed by atoms with Gasteiger partial charge in [-0.2, -0.15) is 0 Å². The van der Waals surface area contributed by atoms with Crippen LogP contribution < -0.4 is 5.32 Å². The standard InChI is InChI=1S/C10H14BrN3O4/c1-17-4-5-18-3-2-13-10-8(11)6-12-7-9(10)14(15)16/h6-7H,2-5H2,1H3,(H,12,13). The summed E-state index contributed by atoms with van der Waals surface area (Å²) in [5.74, 6) is 0. The molecule has 100 valence electrons. The summed E-state index contributed by atoms with van der Waals surface area (Å²) in [5, 5.41) is 13.8. The van der Waals surface area contributed by atoms with E-state index in [2.05, 4.69) is 26.2 Å². The van der Waals surface area contributed by atoms with Gasteiger partial charge in [0.05, 0.1) is 29.2 Å². The Morgan fingerprint density at radius 1 is 1.44 bits per heavy atom. The molecule has 1 N–H and O–H groups in total. The molecule has 1 heterocycles. The van der Waals surface area contributed by atoms with E-state index in [9.17, 15) is 10.1 Å². The largest absolute Gasteiger partial charge is 0.382 e. The highest BCUT2D eigenvalue weighted by Crippen LogP contribution is 2.30. The molecule has 18 heavy (non-hydrogen) atoms. The summed E-state index contributed by atoms with van der Waals surface area (Å²) in [4.78, 5) is 14.1. The molecule has 0 aliphatic heterocycles. The SMILES string of the molecule is COCCOCCNc1c(Br)cncc1[N+](=O)[O-]. The van der Waals surface area contributed by atoms with Crippen molar-refractivity contribution in [3.63, 3.8) is 0 Å². The third kappa shape index (κ3) is 4.55. The third-order valence-electron chi connectivity index (χ3n) is 2.06. The lowest BCUT2D eigenvalue weighted by Gasteiger charge is -2.08. The summed E-state index contributed by atoms with van der Waals surface area (Å²) in [5.41, 5.74) is 0.339. The maximum Gasteiger partial charge on any atom is 0.311 e. The molecule has 0 amide bonds. The fourth-order valence-electron chi connectivity index (χ4n) is 1.23. The molecule has 0 saturated heterocycles. The number of nitrogens with one attached hydrogen (secondary N) is 1. The molecule has 1 aromatic rings. The van der Waals surface area contributed by atoms with E-state index in [1.807, 2.05) is 0 Å². The number of rotatable bonds is 8. The number of halogens is 1. The van der Waals surface area contributed by atoms with E-state index in [1.54, 1.807) is 7.11 Å². The second-order valence-electron chi connectivity index (χ2n) is 3.30. The average Bonchev–Trinajstić information content (AvgIpc) is 2.34. The van der Waals surface area contributed by atoms with Crippen molar-refractivity contribution in [2.24, 2.45) is 0 Å². The Kier molecular flexibility index (Phi) is 6.55. The molecular weight excluding hydrogens is 306 g/mol. The zero-order valence-electron chi connectivity index (χ0n) is 9.89. The van der Waals surface area contributed by atoms with Crippen LogP contribution in [0.2, 0.25) is 0 Å². The number of methoxy groups -OCH3 is 1. The molecule has 0 spiro atoms. The quantitative estimate of drug-likeness (QED) is 0.447. The Hall–Kier alpha value is -1.25. The Bertz CT molecular complexity index is 403. The number of anilines is 1. The van der Waals surface area contributed by atoms with E-state index in [0.717, 1.165) is 0 Å². The predicted octanol–water partition coefficient (Wildman–Crippen LogP) is 1.83. The minimum absolute atomic E-state index is 0.0683. The first kappa shape index (κ1) is 14.8. The first-order valence-electron chi connectivity index (χ1n) is 5.25. The Balaban J connectivity index is 2.48. The number of ether oxygens (including phenoxy) is 2. The van der Waals surface area contributed by atoms with Gasteiger partial charge in [0.25, 0.3) is 0 Å². The van der Waals surface area contributed by atoms with Crippen LogP contribution in [0.3, 0.4) is 0 Å². The molecule has 7 nitrogen and oxygen atoms in total. The van der Waals surface area contributed by atoms with Gasteiger partial charge < -0.3 is 14.8 Å². The zero-order chi connectivity index (χ0) is 13.4. The van der Waals surface area contributed by atoms with Gasteiger partial charge in [-0.25, -0.2) is 0 Å². The fraction of sp³-hybridized carbons (Fsp3) is 0.500. The number of hydrogen-bond acceptors (Lipinski definition) is 6. The van der Waals surface area contributed by atoms with Crippen LogP contribution >= 0.6 is 15.9 Å². The summed E-state index contributed by atoms with van der Waals surface area (Å²) in [6, 6.07) is 0. The predicted molar refractivity (Wildman–Crippen MR) is 69.8 cm³/mol. The van der Waals surface area contributed by atoms with Crippen molar-refractivity contribution in [1.82, 2.24) is 4.98 Å². The summed E-state index contributed by atoms with van der Waals surface area (Å²) in [6.45, 7) is 1.93. The van der Waals surface area contributed by atoms with Gasteiger partial charge in [0.1, 0.15) is 11.9 Å². The molecular formula is C10H14BrN3O4. The van der Waals surface area contributed by atoms with Gasteiger partial charge in [-0.1, -0.05) is 0 Å². The van der Waals surface area contributed by atoms with Gasteiger partial charge in [-0.15, -0.1) is 0 Å². The number of aromatic nitrogens is 1. The molecule has 0 aliphatic rings. The van der Waals surface area contributed by atoms with Crippen LogP contribution in [0, 0.1) is 10.1 Å². The number of hydrogen-bond donors (Lipinski definition) is 1. The summed E-state index contributed by atoms with van der Waals surface area (Å²) >= 11 is 3.22. The minimum Gasteiger partial charge on any atom is -0.382 e. The molecule has 0 aromatic carbocycles. The van der Waals surface area contributed by atoms with E-state index in [-0.39, 0.29) is 5.69 Å². The van der Waals surface area contributed by atoms with Crippen molar-refractivity contribution in [1.29, 1.82) is 0 Å². The van der Waals surface area contributed by atoms with E-state index in [4.69, 9.17) is 9.47 Å². The van der Waals surface area contributed by atoms with Gasteiger partial charge in [-0.05, 0) is 15.9 Å². The first-order chi connectivity index (χ1) is 8.66. The summed E-state index contributed by atoms with van der Waals surface area (Å²) in [6.07, 6.45) is 2.71. The highest BCUT2D eigenvalue weighted by molar-refractivity contribution is 9.10. The maximum atomic E-state index is 10.8. The zero-order valence-corrected chi connectivity index (χ0v) is 11.5. The molecule has 0 saturated carbocycles. The van der Waals surface area contributed by atoms with Gasteiger partial charge in [0.15, 0.2) is 0 Å². The molecule has 0 atom stereocenters. The van der Waals surface area contributed by atoms with Gasteiger partial charge in [0, 0.05) is 19.9 Å². The smallest absolute Gasteiger partial charge is 0.311 e. The van der Waals surface area contributed by atoms with Crippen molar-refractivity contribution >= 4 is 27.3 Å². The Labute approximate surface area is 113 Å². The van der Waals surface area contributed by atoms with Crippen LogP contribution in [-0.4, -0.2) is 43.4 Å². The van der Waals surface area contributed by atoms with Gasteiger partial charge >= 0.3 is 5.69 Å². The number of nitrogens with zero attached hydrogens (tertiary/aromatic N) is 2. The highest BCUT2D eigenvalue weighted by atomic mass is 79.9. The van der Waals surface area contributed by atoms with Crippen LogP contribution in [0.5, 0.6) is 0 Å². The first-order valence-corrected chi connectivity index (χ1v) is 6.04. The van der Waals surface area contributed by atoms with Crippen molar-refractivity contribution in [3.05, 3.63) is 27.0 Å². The highest BCUT2D eigenvalue weighted by Gasteiger charge is 2.16. The molecule has 0 bridgehead atoms. The van der Waals surface area contributed by atoms with E-state index in [0.29, 0.717) is 36.5 Å². The van der Waals surface area contributed by atoms with Gasteiger partial charge in [-0.3, -0.25) is 15.1 Å². The van der Waals surface area contributed by atoms with E-state index >= 15 is 0 Å². The number of pyridine rings is 1. The fourth-order valence-corrected chi connectivity index (χ4v) is 1.69. The third-order valence-corrected chi connectivity index (χ3v) is 2.66. The van der Waals surface area contributed by atoms with Crippen molar-refractivity contribution in [2.75, 3.05) is 38.8 Å². The monoisotopic (exact) mass is 319 g/mol. The van der Waals surface area contributed by atoms with E-state index < -0.39 is 4.92 Å². The van der Waals surface area contributed by atoms with Crippen LogP contribution in [0.1, 0.15) is 0 Å². The van der Waals surface area contributed by atoms with Gasteiger partial charge in [0.2, 0.25) is 0 Å². The van der Waals surface area contributed by atoms with Crippen LogP contribution in [0.15, 0.2) is 16.9 Å². The molecule has 0 radical (unpaired) electrons. The number of nitro groups is 1. The second-order valence-corrected chi connectivity index (χ2v) is 4.16. The van der Waals surface area contributed by atoms with E-state index in [1.165, 1.54) is 12.4 Å². The van der Waals surface area contributed by atoms with Crippen LogP contribution in [0.4, 0.5) is 11.4 Å². The normalized spacial score (nSPS) is 10.3. The lowest BCUT2D eigenvalue weighted by atomic mass is 10.3. The maximum absolute atomic E-state index is 10.8. The lowest BCUT2D eigenvalue weighted by Crippen LogP contribution is -2.13. The lowest BCUT2D eigenvalue weighted by molar-refractivity contribution is -0.384. The Morgan fingerprint density at radius 3 is 2.89 bits per heavy atom. The second kappa shape index (κ2) is 7.96. The molecule has 0 fully saturated rings.